The highest BCUT2D eigenvalue weighted by atomic mass is 35.5. The molecule has 190 valence electrons. The molecule has 1 amide bonds. The summed E-state index contributed by atoms with van der Waals surface area (Å²) in [5, 5.41) is 15.4. The number of anilines is 2. The van der Waals surface area contributed by atoms with Crippen LogP contribution in [0.25, 0.3) is 0 Å². The van der Waals surface area contributed by atoms with Gasteiger partial charge in [-0.05, 0) is 91.3 Å². The van der Waals surface area contributed by atoms with Crippen LogP contribution in [0.1, 0.15) is 59.3 Å². The summed E-state index contributed by atoms with van der Waals surface area (Å²) in [6.07, 6.45) is 1.99. The lowest BCUT2D eigenvalue weighted by Crippen LogP contribution is -2.15. The van der Waals surface area contributed by atoms with Crippen molar-refractivity contribution in [2.24, 2.45) is 11.3 Å². The van der Waals surface area contributed by atoms with E-state index in [1.165, 1.54) is 29.8 Å². The molecule has 2 unspecified atom stereocenters. The van der Waals surface area contributed by atoms with Crippen LogP contribution < -0.4 is 10.6 Å². The van der Waals surface area contributed by atoms with Gasteiger partial charge in [-0.25, -0.2) is 8.78 Å². The molecule has 0 aromatic heterocycles. The van der Waals surface area contributed by atoms with Crippen molar-refractivity contribution in [2.45, 2.75) is 40.5 Å². The first-order chi connectivity index (χ1) is 17.5. The van der Waals surface area contributed by atoms with E-state index in [2.05, 4.69) is 37.5 Å². The zero-order valence-corrected chi connectivity index (χ0v) is 22.1. The molecular weight excluding hydrogens is 492 g/mol. The normalized spacial score (nSPS) is 18.2. The van der Waals surface area contributed by atoms with E-state index in [1.54, 1.807) is 6.07 Å². The Morgan fingerprint density at radius 2 is 1.78 bits per heavy atom. The fourth-order valence-corrected chi connectivity index (χ4v) is 5.29. The van der Waals surface area contributed by atoms with Crippen molar-refractivity contribution in [3.63, 3.8) is 0 Å². The number of hydrogen-bond donors (Lipinski definition) is 2. The van der Waals surface area contributed by atoms with Crippen LogP contribution in [-0.4, -0.2) is 5.91 Å². The molecule has 0 saturated heterocycles. The number of allylic oxidation sites excluding steroid dienone is 2. The van der Waals surface area contributed by atoms with Crippen LogP contribution in [0.3, 0.4) is 0 Å². The van der Waals surface area contributed by atoms with Gasteiger partial charge in [-0.1, -0.05) is 37.6 Å². The number of nitrogens with zero attached hydrogens (tertiary/aromatic N) is 1. The number of carbonyl (C=O) groups is 1. The van der Waals surface area contributed by atoms with Crippen LogP contribution >= 0.6 is 11.6 Å². The topological polar surface area (TPSA) is 64.9 Å². The maximum Gasteiger partial charge on any atom is 0.258 e. The average molecular weight is 520 g/mol. The third kappa shape index (κ3) is 5.10. The van der Waals surface area contributed by atoms with Crippen molar-refractivity contribution in [1.29, 1.82) is 5.26 Å². The first-order valence-electron chi connectivity index (χ1n) is 12.0. The van der Waals surface area contributed by atoms with E-state index in [-0.39, 0.29) is 34.1 Å². The van der Waals surface area contributed by atoms with Crippen LogP contribution in [0.2, 0.25) is 5.02 Å². The second-order valence-corrected chi connectivity index (χ2v) is 10.5. The largest absolute Gasteiger partial charge is 0.359 e. The van der Waals surface area contributed by atoms with Crippen LogP contribution in [0.15, 0.2) is 60.3 Å². The molecule has 0 spiro atoms. The molecule has 3 aromatic carbocycles. The third-order valence-corrected chi connectivity index (χ3v) is 7.70. The summed E-state index contributed by atoms with van der Waals surface area (Å²) in [4.78, 5) is 12.8. The Morgan fingerprint density at radius 3 is 2.41 bits per heavy atom. The van der Waals surface area contributed by atoms with Gasteiger partial charge in [0.15, 0.2) is 0 Å². The quantitative estimate of drug-likeness (QED) is 0.345. The summed E-state index contributed by atoms with van der Waals surface area (Å²) >= 11 is 6.48. The van der Waals surface area contributed by atoms with E-state index in [4.69, 9.17) is 16.9 Å². The first-order valence-corrected chi connectivity index (χ1v) is 12.4. The molecule has 1 aliphatic carbocycles. The first kappa shape index (κ1) is 26.4. The summed E-state index contributed by atoms with van der Waals surface area (Å²) in [7, 11) is 0. The zero-order valence-electron chi connectivity index (χ0n) is 21.3. The highest BCUT2D eigenvalue weighted by molar-refractivity contribution is 6.31. The van der Waals surface area contributed by atoms with Crippen molar-refractivity contribution >= 4 is 28.9 Å². The smallest absolute Gasteiger partial charge is 0.258 e. The molecule has 3 aromatic rings. The number of hydrogen-bond acceptors (Lipinski definition) is 3. The third-order valence-electron chi connectivity index (χ3n) is 7.30. The highest BCUT2D eigenvalue weighted by Gasteiger charge is 2.59. The van der Waals surface area contributed by atoms with E-state index in [1.807, 2.05) is 32.1 Å². The van der Waals surface area contributed by atoms with Gasteiger partial charge in [0.2, 0.25) is 0 Å². The molecule has 37 heavy (non-hydrogen) atoms. The van der Waals surface area contributed by atoms with E-state index >= 15 is 0 Å². The fourth-order valence-electron chi connectivity index (χ4n) is 5.01. The van der Waals surface area contributed by atoms with Gasteiger partial charge in [-0.3, -0.25) is 4.79 Å². The minimum Gasteiger partial charge on any atom is -0.359 e. The van der Waals surface area contributed by atoms with Crippen molar-refractivity contribution in [2.75, 3.05) is 10.6 Å². The van der Waals surface area contributed by atoms with Gasteiger partial charge in [-0.15, -0.1) is 0 Å². The van der Waals surface area contributed by atoms with Crippen LogP contribution in [0.4, 0.5) is 20.2 Å². The predicted molar refractivity (Wildman–Crippen MR) is 144 cm³/mol. The monoisotopic (exact) mass is 519 g/mol. The standard InChI is InChI=1S/C30H28ClF2N3O/c1-6-25(28-27(30(28,4)5)19-11-16(2)17(3)22(31)13-19)35-20-8-9-23(32)21(14-20)29(37)36-26-10-7-18(15-34)12-24(26)33/h6-14,27-28,35H,1-5H3,(H,36,37)/b25-6+. The minimum atomic E-state index is -0.791. The molecule has 0 radical (unpaired) electrons. The second kappa shape index (κ2) is 9.99. The number of rotatable bonds is 6. The summed E-state index contributed by atoms with van der Waals surface area (Å²) in [6, 6.07) is 13.9. The molecule has 4 rings (SSSR count). The number of nitrogens with one attached hydrogen (secondary N) is 2. The van der Waals surface area contributed by atoms with Crippen LogP contribution in [0.5, 0.6) is 0 Å². The SMILES string of the molecule is C/C=C(/Nc1ccc(F)c(C(=O)Nc2ccc(C#N)cc2F)c1)C1C(c2cc(C)c(C)c(Cl)c2)C1(C)C. The Balaban J connectivity index is 1.56. The van der Waals surface area contributed by atoms with Gasteiger partial charge in [0.1, 0.15) is 11.6 Å². The summed E-state index contributed by atoms with van der Waals surface area (Å²) < 4.78 is 28.8. The van der Waals surface area contributed by atoms with Crippen molar-refractivity contribution in [1.82, 2.24) is 0 Å². The molecule has 0 aliphatic heterocycles. The Morgan fingerprint density at radius 1 is 1.05 bits per heavy atom. The molecule has 0 heterocycles. The number of amides is 1. The number of aryl methyl sites for hydroxylation is 1. The molecule has 1 fully saturated rings. The molecule has 2 atom stereocenters. The van der Waals surface area contributed by atoms with Crippen molar-refractivity contribution < 1.29 is 13.6 Å². The number of carbonyl (C=O) groups excluding carboxylic acids is 1. The van der Waals surface area contributed by atoms with Gasteiger partial charge < -0.3 is 10.6 Å². The fraction of sp³-hybridized carbons (Fsp3) is 0.267. The predicted octanol–water partition coefficient (Wildman–Crippen LogP) is 8.11. The maximum atomic E-state index is 14.6. The van der Waals surface area contributed by atoms with Crippen LogP contribution in [-0.2, 0) is 0 Å². The number of halogens is 3. The maximum absolute atomic E-state index is 14.6. The Kier molecular flexibility index (Phi) is 7.12. The Hall–Kier alpha value is -3.69. The van der Waals surface area contributed by atoms with Gasteiger partial charge in [0, 0.05) is 22.3 Å². The number of nitriles is 1. The van der Waals surface area contributed by atoms with Gasteiger partial charge in [-0.2, -0.15) is 5.26 Å². The summed E-state index contributed by atoms with van der Waals surface area (Å²) in [6.45, 7) is 10.4. The Bertz CT molecular complexity index is 1450. The second-order valence-electron chi connectivity index (χ2n) is 10.0. The lowest BCUT2D eigenvalue weighted by atomic mass is 9.99. The van der Waals surface area contributed by atoms with Gasteiger partial charge >= 0.3 is 0 Å². The zero-order chi connectivity index (χ0) is 27.1. The van der Waals surface area contributed by atoms with E-state index in [9.17, 15) is 13.6 Å². The Labute approximate surface area is 221 Å². The lowest BCUT2D eigenvalue weighted by molar-refractivity contribution is 0.102. The summed E-state index contributed by atoms with van der Waals surface area (Å²) in [5.41, 5.74) is 4.62. The molecule has 2 N–H and O–H groups in total. The van der Waals surface area contributed by atoms with E-state index in [0.29, 0.717) is 5.69 Å². The van der Waals surface area contributed by atoms with Gasteiger partial charge in [0.05, 0.1) is 22.9 Å². The van der Waals surface area contributed by atoms with Crippen molar-refractivity contribution in [3.05, 3.63) is 105 Å². The average Bonchev–Trinajstić information content (AvgIpc) is 3.43. The number of benzene rings is 3. The van der Waals surface area contributed by atoms with E-state index in [0.717, 1.165) is 27.9 Å². The minimum absolute atomic E-state index is 0.0345. The van der Waals surface area contributed by atoms with E-state index < -0.39 is 17.5 Å². The molecular formula is C30H28ClF2N3O. The lowest BCUT2D eigenvalue weighted by Gasteiger charge is -2.14. The van der Waals surface area contributed by atoms with Crippen LogP contribution in [0, 0.1) is 48.1 Å². The van der Waals surface area contributed by atoms with Crippen molar-refractivity contribution in [3.8, 4) is 6.07 Å². The summed E-state index contributed by atoms with van der Waals surface area (Å²) in [5.74, 6) is -1.88. The molecule has 1 saturated carbocycles. The molecule has 7 heteroatoms. The van der Waals surface area contributed by atoms with Gasteiger partial charge in [0.25, 0.3) is 5.91 Å². The highest BCUT2D eigenvalue weighted by Crippen LogP contribution is 2.67. The molecule has 4 nitrogen and oxygen atoms in total. The molecule has 0 bridgehead atoms. The molecule has 1 aliphatic rings.